The number of amides is 2. The van der Waals surface area contributed by atoms with Gasteiger partial charge in [0.15, 0.2) is 0 Å². The topological polar surface area (TPSA) is 117 Å². The number of unbranched alkanes of at least 4 members (excludes halogenated alkanes) is 1. The second-order valence-corrected chi connectivity index (χ2v) is 7.44. The molecule has 0 aliphatic heterocycles. The van der Waals surface area contributed by atoms with E-state index in [4.69, 9.17) is 0 Å². The Labute approximate surface area is 194 Å². The molecule has 0 fully saturated rings. The number of carbonyl (C=O) groups excluding carboxylic acids is 2. The smallest absolute Gasteiger partial charge is 0.269 e. The van der Waals surface area contributed by atoms with E-state index >= 15 is 0 Å². The fraction of sp³-hybridized carbons (Fsp3) is 0.375. The zero-order valence-corrected chi connectivity index (χ0v) is 19.1. The van der Waals surface area contributed by atoms with E-state index in [2.05, 4.69) is 20.7 Å². The van der Waals surface area contributed by atoms with Crippen molar-refractivity contribution >= 4 is 23.7 Å². The van der Waals surface area contributed by atoms with Gasteiger partial charge in [0.25, 0.3) is 17.5 Å². The van der Waals surface area contributed by atoms with E-state index in [9.17, 15) is 19.7 Å². The summed E-state index contributed by atoms with van der Waals surface area (Å²) in [6.07, 6.45) is 3.63. The van der Waals surface area contributed by atoms with Crippen LogP contribution in [0.25, 0.3) is 0 Å². The Morgan fingerprint density at radius 1 is 1.06 bits per heavy atom. The van der Waals surface area contributed by atoms with E-state index in [1.807, 2.05) is 32.0 Å². The van der Waals surface area contributed by atoms with E-state index in [0.717, 1.165) is 25.9 Å². The van der Waals surface area contributed by atoms with Crippen molar-refractivity contribution in [3.8, 4) is 0 Å². The number of likely N-dealkylation sites (N-methyl/N-ethyl adjacent to an activating group) is 1. The third kappa shape index (κ3) is 8.46. The molecular weight excluding hydrogens is 422 g/mol. The van der Waals surface area contributed by atoms with Crippen LogP contribution in [0.5, 0.6) is 0 Å². The fourth-order valence-electron chi connectivity index (χ4n) is 3.43. The van der Waals surface area contributed by atoms with Gasteiger partial charge in [-0.1, -0.05) is 32.0 Å². The van der Waals surface area contributed by atoms with Crippen molar-refractivity contribution in [1.29, 1.82) is 0 Å². The van der Waals surface area contributed by atoms with E-state index in [1.165, 1.54) is 18.3 Å². The summed E-state index contributed by atoms with van der Waals surface area (Å²) in [5.74, 6) is -0.306. The van der Waals surface area contributed by atoms with Crippen molar-refractivity contribution in [3.63, 3.8) is 0 Å². The molecule has 33 heavy (non-hydrogen) atoms. The second-order valence-electron chi connectivity index (χ2n) is 7.44. The van der Waals surface area contributed by atoms with Gasteiger partial charge in [-0.25, -0.2) is 5.43 Å². The maximum Gasteiger partial charge on any atom is 0.269 e. The van der Waals surface area contributed by atoms with Gasteiger partial charge in [0.2, 0.25) is 0 Å². The van der Waals surface area contributed by atoms with Crippen molar-refractivity contribution in [3.05, 3.63) is 75.8 Å². The minimum absolute atomic E-state index is 0.00209. The average molecular weight is 454 g/mol. The highest BCUT2D eigenvalue weighted by Gasteiger charge is 2.23. The van der Waals surface area contributed by atoms with Crippen molar-refractivity contribution in [2.45, 2.75) is 39.2 Å². The van der Waals surface area contributed by atoms with Crippen LogP contribution in [0.2, 0.25) is 0 Å². The van der Waals surface area contributed by atoms with Crippen molar-refractivity contribution in [1.82, 2.24) is 15.6 Å². The van der Waals surface area contributed by atoms with Gasteiger partial charge in [0, 0.05) is 24.2 Å². The first-order valence-corrected chi connectivity index (χ1v) is 11.1. The van der Waals surface area contributed by atoms with Gasteiger partial charge in [-0.05, 0) is 62.2 Å². The number of hydrogen-bond donors (Lipinski definition) is 2. The van der Waals surface area contributed by atoms with E-state index < -0.39 is 4.92 Å². The molecule has 0 unspecified atom stereocenters. The van der Waals surface area contributed by atoms with Crippen LogP contribution in [-0.4, -0.2) is 53.5 Å². The molecule has 1 atom stereocenters. The quantitative estimate of drug-likeness (QED) is 0.209. The number of nitrogens with one attached hydrogen (secondary N) is 2. The van der Waals surface area contributed by atoms with Crippen LogP contribution >= 0.6 is 0 Å². The molecule has 0 radical (unpaired) electrons. The lowest BCUT2D eigenvalue weighted by Crippen LogP contribution is -2.45. The summed E-state index contributed by atoms with van der Waals surface area (Å²) < 4.78 is 0. The number of hydrogen-bond acceptors (Lipinski definition) is 6. The molecule has 2 aromatic rings. The zero-order chi connectivity index (χ0) is 24.1. The number of hydrazone groups is 1. The molecular formula is C24H31N5O4. The Bertz CT molecular complexity index is 928. The second kappa shape index (κ2) is 13.7. The predicted molar refractivity (Wildman–Crippen MR) is 128 cm³/mol. The minimum Gasteiger partial charge on any atom is -0.352 e. The van der Waals surface area contributed by atoms with Gasteiger partial charge in [0.1, 0.15) is 0 Å². The standard InChI is InChI=1S/C24H31N5O4/c1-3-28(4-2)22(12-8-9-17-25-23(30)20-10-6-5-7-11-20)24(31)27-26-18-19-13-15-21(16-14-19)29(32)33/h5-7,10-11,13-16,18,22H,3-4,8-9,12,17H2,1-2H3,(H,25,30)(H,27,31)/b26-18+/t22-/m1/s1. The van der Waals surface area contributed by atoms with E-state index in [0.29, 0.717) is 24.1 Å². The molecule has 176 valence electrons. The molecule has 0 heterocycles. The van der Waals surface area contributed by atoms with E-state index in [-0.39, 0.29) is 23.5 Å². The molecule has 0 saturated heterocycles. The van der Waals surface area contributed by atoms with Crippen molar-refractivity contribution in [2.24, 2.45) is 5.10 Å². The number of nitro benzene ring substituents is 1. The highest BCUT2D eigenvalue weighted by atomic mass is 16.6. The number of rotatable bonds is 13. The van der Waals surface area contributed by atoms with Crippen LogP contribution in [0.15, 0.2) is 59.7 Å². The molecule has 9 heteroatoms. The van der Waals surface area contributed by atoms with Crippen LogP contribution in [0.3, 0.4) is 0 Å². The van der Waals surface area contributed by atoms with Gasteiger partial charge in [-0.15, -0.1) is 0 Å². The fourth-order valence-corrected chi connectivity index (χ4v) is 3.43. The number of benzene rings is 2. The summed E-state index contributed by atoms with van der Waals surface area (Å²) in [6, 6.07) is 14.6. The lowest BCUT2D eigenvalue weighted by molar-refractivity contribution is -0.384. The summed E-state index contributed by atoms with van der Waals surface area (Å²) in [7, 11) is 0. The first kappa shape index (κ1) is 25.7. The number of carbonyl (C=O) groups is 2. The Morgan fingerprint density at radius 3 is 2.33 bits per heavy atom. The predicted octanol–water partition coefficient (Wildman–Crippen LogP) is 3.36. The highest BCUT2D eigenvalue weighted by Crippen LogP contribution is 2.11. The Hall–Kier alpha value is -3.59. The molecule has 0 saturated carbocycles. The van der Waals surface area contributed by atoms with Gasteiger partial charge in [0.05, 0.1) is 17.2 Å². The van der Waals surface area contributed by atoms with Gasteiger partial charge in [-0.3, -0.25) is 24.6 Å². The first-order valence-electron chi connectivity index (χ1n) is 11.1. The van der Waals surface area contributed by atoms with Crippen LogP contribution in [0, 0.1) is 10.1 Å². The number of nitro groups is 1. The van der Waals surface area contributed by atoms with Gasteiger partial charge < -0.3 is 5.32 Å². The van der Waals surface area contributed by atoms with Crippen LogP contribution in [-0.2, 0) is 4.79 Å². The highest BCUT2D eigenvalue weighted by molar-refractivity contribution is 5.94. The Balaban J connectivity index is 1.83. The van der Waals surface area contributed by atoms with Gasteiger partial charge >= 0.3 is 0 Å². The van der Waals surface area contributed by atoms with Crippen LogP contribution in [0.4, 0.5) is 5.69 Å². The van der Waals surface area contributed by atoms with Crippen molar-refractivity contribution in [2.75, 3.05) is 19.6 Å². The molecule has 0 bridgehead atoms. The maximum absolute atomic E-state index is 12.8. The van der Waals surface area contributed by atoms with Gasteiger partial charge in [-0.2, -0.15) is 5.10 Å². The summed E-state index contributed by atoms with van der Waals surface area (Å²) in [4.78, 5) is 37.2. The third-order valence-electron chi connectivity index (χ3n) is 5.27. The largest absolute Gasteiger partial charge is 0.352 e. The van der Waals surface area contributed by atoms with Crippen molar-refractivity contribution < 1.29 is 14.5 Å². The summed E-state index contributed by atoms with van der Waals surface area (Å²) in [5, 5.41) is 17.6. The first-order chi connectivity index (χ1) is 16.0. The van der Waals surface area contributed by atoms with Crippen LogP contribution < -0.4 is 10.7 Å². The normalized spacial score (nSPS) is 12.0. The monoisotopic (exact) mass is 453 g/mol. The maximum atomic E-state index is 12.8. The summed E-state index contributed by atoms with van der Waals surface area (Å²) in [6.45, 7) is 6.00. The zero-order valence-electron chi connectivity index (χ0n) is 19.1. The molecule has 0 aliphatic rings. The average Bonchev–Trinajstić information content (AvgIpc) is 2.84. The molecule has 0 spiro atoms. The minimum atomic E-state index is -0.468. The molecule has 0 aliphatic carbocycles. The molecule has 2 rings (SSSR count). The van der Waals surface area contributed by atoms with Crippen LogP contribution in [0.1, 0.15) is 49.0 Å². The molecule has 2 amide bonds. The molecule has 2 N–H and O–H groups in total. The summed E-state index contributed by atoms with van der Waals surface area (Å²) >= 11 is 0. The number of non-ortho nitro benzene ring substituents is 1. The lowest BCUT2D eigenvalue weighted by Gasteiger charge is -2.28. The Kier molecular flexibility index (Phi) is 10.7. The Morgan fingerprint density at radius 2 is 1.73 bits per heavy atom. The lowest BCUT2D eigenvalue weighted by atomic mass is 10.1. The van der Waals surface area contributed by atoms with E-state index in [1.54, 1.807) is 24.3 Å². The molecule has 0 aromatic heterocycles. The SMILES string of the molecule is CCN(CC)[C@H](CCCCNC(=O)c1ccccc1)C(=O)N/N=C/c1ccc([N+](=O)[O-])cc1. The molecule has 2 aromatic carbocycles. The number of nitrogens with zero attached hydrogens (tertiary/aromatic N) is 3. The third-order valence-corrected chi connectivity index (χ3v) is 5.27. The molecule has 9 nitrogen and oxygen atoms in total. The summed E-state index contributed by atoms with van der Waals surface area (Å²) in [5.41, 5.74) is 3.86.